The molecule has 3 rings (SSSR count). The highest BCUT2D eigenvalue weighted by molar-refractivity contribution is 5.40. The van der Waals surface area contributed by atoms with Gasteiger partial charge in [-0.25, -0.2) is 9.50 Å². The third kappa shape index (κ3) is 1.77. The van der Waals surface area contributed by atoms with Gasteiger partial charge in [0.05, 0.1) is 5.69 Å². The molecule has 1 aliphatic carbocycles. The number of nitrogens with one attached hydrogen (secondary N) is 1. The zero-order chi connectivity index (χ0) is 11.8. The lowest BCUT2D eigenvalue weighted by atomic mass is 10.0. The third-order valence-electron chi connectivity index (χ3n) is 3.68. The van der Waals surface area contributed by atoms with E-state index in [1.807, 2.05) is 6.07 Å². The van der Waals surface area contributed by atoms with Crippen molar-refractivity contribution in [1.82, 2.24) is 14.6 Å². The van der Waals surface area contributed by atoms with Crippen molar-refractivity contribution in [3.05, 3.63) is 33.9 Å². The quantitative estimate of drug-likeness (QED) is 0.861. The Morgan fingerprint density at radius 2 is 2.18 bits per heavy atom. The highest BCUT2D eigenvalue weighted by Gasteiger charge is 2.19. The molecule has 0 aromatic carbocycles. The number of aromatic nitrogens is 3. The summed E-state index contributed by atoms with van der Waals surface area (Å²) in [6, 6.07) is 3.67. The topological polar surface area (TPSA) is 50.2 Å². The van der Waals surface area contributed by atoms with E-state index in [-0.39, 0.29) is 5.56 Å². The van der Waals surface area contributed by atoms with Crippen LogP contribution in [0.5, 0.6) is 0 Å². The molecule has 0 spiro atoms. The number of aryl methyl sites for hydroxylation is 1. The van der Waals surface area contributed by atoms with Crippen molar-refractivity contribution in [2.45, 2.75) is 44.9 Å². The summed E-state index contributed by atoms with van der Waals surface area (Å²) in [5.41, 5.74) is 2.81. The van der Waals surface area contributed by atoms with Crippen molar-refractivity contribution < 1.29 is 0 Å². The van der Waals surface area contributed by atoms with Gasteiger partial charge in [-0.05, 0) is 19.3 Å². The van der Waals surface area contributed by atoms with E-state index in [9.17, 15) is 4.79 Å². The first kappa shape index (κ1) is 10.6. The summed E-state index contributed by atoms with van der Waals surface area (Å²) in [6.45, 7) is 2.06. The van der Waals surface area contributed by atoms with Gasteiger partial charge in [0.25, 0.3) is 5.56 Å². The molecule has 0 amide bonds. The van der Waals surface area contributed by atoms with E-state index in [2.05, 4.69) is 17.0 Å². The molecule has 0 radical (unpaired) electrons. The summed E-state index contributed by atoms with van der Waals surface area (Å²) in [5, 5.41) is 3.07. The number of hydrogen-bond acceptors (Lipinski definition) is 2. The monoisotopic (exact) mass is 231 g/mol. The van der Waals surface area contributed by atoms with Crippen LogP contribution in [0.3, 0.4) is 0 Å². The molecule has 2 heterocycles. The van der Waals surface area contributed by atoms with Crippen molar-refractivity contribution in [1.29, 1.82) is 0 Å². The summed E-state index contributed by atoms with van der Waals surface area (Å²) in [4.78, 5) is 16.6. The first-order valence-electron chi connectivity index (χ1n) is 6.39. The number of hydrogen-bond donors (Lipinski definition) is 1. The average Bonchev–Trinajstić information content (AvgIpc) is 2.97. The van der Waals surface area contributed by atoms with Crippen LogP contribution in [0.4, 0.5) is 0 Å². The molecule has 1 fully saturated rings. The van der Waals surface area contributed by atoms with Crippen LogP contribution in [0.2, 0.25) is 0 Å². The molecule has 0 unspecified atom stereocenters. The van der Waals surface area contributed by atoms with Crippen LogP contribution in [-0.4, -0.2) is 14.6 Å². The van der Waals surface area contributed by atoms with Gasteiger partial charge in [0.2, 0.25) is 0 Å². The summed E-state index contributed by atoms with van der Waals surface area (Å²) in [7, 11) is 0. The number of fused-ring (bicyclic) bond motifs is 1. The maximum atomic E-state index is 12.0. The summed E-state index contributed by atoms with van der Waals surface area (Å²) < 4.78 is 1.54. The van der Waals surface area contributed by atoms with Crippen LogP contribution in [0.15, 0.2) is 16.9 Å². The van der Waals surface area contributed by atoms with Crippen molar-refractivity contribution >= 4 is 5.65 Å². The number of aromatic amines is 1. The second kappa shape index (κ2) is 4.02. The first-order chi connectivity index (χ1) is 8.28. The Bertz CT molecular complexity index is 590. The molecule has 2 aromatic rings. The fraction of sp³-hybridized carbons (Fsp3) is 0.538. The zero-order valence-electron chi connectivity index (χ0n) is 10.1. The SMILES string of the molecule is CCc1cc2nc(C3CCCC3)cc(=O)n2[nH]1. The molecular formula is C13H17N3O. The molecule has 0 atom stereocenters. The fourth-order valence-corrected chi connectivity index (χ4v) is 2.67. The van der Waals surface area contributed by atoms with Gasteiger partial charge in [-0.1, -0.05) is 19.8 Å². The minimum absolute atomic E-state index is 0.0107. The molecule has 4 heteroatoms. The van der Waals surface area contributed by atoms with Gasteiger partial charge in [0, 0.05) is 23.7 Å². The van der Waals surface area contributed by atoms with Crippen molar-refractivity contribution in [2.75, 3.05) is 0 Å². The minimum atomic E-state index is 0.0107. The van der Waals surface area contributed by atoms with Gasteiger partial charge in [-0.2, -0.15) is 0 Å². The summed E-state index contributed by atoms with van der Waals surface area (Å²) in [6.07, 6.45) is 5.76. The van der Waals surface area contributed by atoms with Gasteiger partial charge in [0.15, 0.2) is 5.65 Å². The number of H-pyrrole nitrogens is 1. The highest BCUT2D eigenvalue weighted by Crippen LogP contribution is 2.32. The van der Waals surface area contributed by atoms with Gasteiger partial charge >= 0.3 is 0 Å². The number of nitrogens with zero attached hydrogens (tertiary/aromatic N) is 2. The molecular weight excluding hydrogens is 214 g/mol. The number of rotatable bonds is 2. The molecule has 1 N–H and O–H groups in total. The zero-order valence-corrected chi connectivity index (χ0v) is 10.1. The smallest absolute Gasteiger partial charge is 0.272 e. The Balaban J connectivity index is 2.12. The summed E-state index contributed by atoms with van der Waals surface area (Å²) in [5.74, 6) is 0.493. The van der Waals surface area contributed by atoms with Crippen molar-refractivity contribution in [3.63, 3.8) is 0 Å². The third-order valence-corrected chi connectivity index (χ3v) is 3.68. The van der Waals surface area contributed by atoms with Gasteiger partial charge in [-0.3, -0.25) is 9.89 Å². The Labute approximate surface area is 99.7 Å². The molecule has 0 bridgehead atoms. The minimum Gasteiger partial charge on any atom is -0.294 e. The lowest BCUT2D eigenvalue weighted by Crippen LogP contribution is -2.16. The average molecular weight is 231 g/mol. The molecule has 4 nitrogen and oxygen atoms in total. The Morgan fingerprint density at radius 1 is 1.41 bits per heavy atom. The van der Waals surface area contributed by atoms with E-state index in [0.717, 1.165) is 23.5 Å². The Morgan fingerprint density at radius 3 is 2.88 bits per heavy atom. The second-order valence-corrected chi connectivity index (χ2v) is 4.83. The van der Waals surface area contributed by atoms with Crippen LogP contribution in [0.25, 0.3) is 5.65 Å². The second-order valence-electron chi connectivity index (χ2n) is 4.83. The Hall–Kier alpha value is -1.58. The largest absolute Gasteiger partial charge is 0.294 e. The molecule has 1 saturated carbocycles. The highest BCUT2D eigenvalue weighted by atomic mass is 16.1. The van der Waals surface area contributed by atoms with Gasteiger partial charge in [0.1, 0.15) is 0 Å². The van der Waals surface area contributed by atoms with Crippen molar-refractivity contribution in [3.8, 4) is 0 Å². The first-order valence-corrected chi connectivity index (χ1v) is 6.39. The molecule has 17 heavy (non-hydrogen) atoms. The van der Waals surface area contributed by atoms with E-state index < -0.39 is 0 Å². The van der Waals surface area contributed by atoms with Crippen molar-refractivity contribution in [2.24, 2.45) is 0 Å². The van der Waals surface area contributed by atoms with Gasteiger partial charge in [-0.15, -0.1) is 0 Å². The van der Waals surface area contributed by atoms with E-state index in [1.165, 1.54) is 30.2 Å². The predicted molar refractivity (Wildman–Crippen MR) is 66.4 cm³/mol. The van der Waals surface area contributed by atoms with E-state index in [1.54, 1.807) is 6.07 Å². The molecule has 0 aliphatic heterocycles. The van der Waals surface area contributed by atoms with E-state index in [4.69, 9.17) is 0 Å². The van der Waals surface area contributed by atoms with Gasteiger partial charge < -0.3 is 0 Å². The molecule has 1 aliphatic rings. The maximum absolute atomic E-state index is 12.0. The Kier molecular flexibility index (Phi) is 2.50. The van der Waals surface area contributed by atoms with Crippen LogP contribution >= 0.6 is 0 Å². The standard InChI is InChI=1S/C13H17N3O/c1-2-10-7-12-14-11(9-5-3-4-6-9)8-13(17)16(12)15-10/h7-9,15H,2-6H2,1H3. The summed E-state index contributed by atoms with van der Waals surface area (Å²) >= 11 is 0. The lowest BCUT2D eigenvalue weighted by Gasteiger charge is -2.07. The van der Waals surface area contributed by atoms with Crippen LogP contribution < -0.4 is 5.56 Å². The molecule has 2 aromatic heterocycles. The van der Waals surface area contributed by atoms with Crippen LogP contribution in [-0.2, 0) is 6.42 Å². The van der Waals surface area contributed by atoms with E-state index >= 15 is 0 Å². The molecule has 0 saturated heterocycles. The predicted octanol–water partition coefficient (Wildman–Crippen LogP) is 2.24. The van der Waals surface area contributed by atoms with E-state index in [0.29, 0.717) is 5.92 Å². The maximum Gasteiger partial charge on any atom is 0.272 e. The molecule has 90 valence electrons. The normalized spacial score (nSPS) is 17.0. The fourth-order valence-electron chi connectivity index (χ4n) is 2.67. The van der Waals surface area contributed by atoms with Crippen LogP contribution in [0.1, 0.15) is 49.9 Å². The van der Waals surface area contributed by atoms with Crippen LogP contribution in [0, 0.1) is 0 Å². The lowest BCUT2D eigenvalue weighted by molar-refractivity contribution is 0.690.